The molecular formula is C24H16O3. The molecule has 0 saturated heterocycles. The molecule has 1 heterocycles. The Bertz CT molecular complexity index is 1260. The highest BCUT2D eigenvalue weighted by Gasteiger charge is 2.08. The van der Waals surface area contributed by atoms with E-state index in [4.69, 9.17) is 15.6 Å². The molecule has 27 heavy (non-hydrogen) atoms. The molecule has 1 aromatic heterocycles. The molecule has 3 heteroatoms. The summed E-state index contributed by atoms with van der Waals surface area (Å²) in [7, 11) is 0. The van der Waals surface area contributed by atoms with E-state index in [1.54, 1.807) is 0 Å². The maximum atomic E-state index is 12.1. The van der Waals surface area contributed by atoms with E-state index in [0.717, 1.165) is 27.3 Å². The van der Waals surface area contributed by atoms with Crippen molar-refractivity contribution in [2.45, 2.75) is 0 Å². The Morgan fingerprint density at radius 1 is 0.926 bits per heavy atom. The van der Waals surface area contributed by atoms with Crippen LogP contribution in [0.3, 0.4) is 0 Å². The third-order valence-electron chi connectivity index (χ3n) is 4.34. The van der Waals surface area contributed by atoms with Crippen molar-refractivity contribution in [3.05, 3.63) is 88.3 Å². The minimum Gasteiger partial charge on any atom is -0.480 e. The van der Waals surface area contributed by atoms with Gasteiger partial charge in [-0.05, 0) is 23.1 Å². The van der Waals surface area contributed by atoms with Crippen LogP contribution in [0.15, 0.2) is 75.9 Å². The third-order valence-corrected chi connectivity index (χ3v) is 4.34. The van der Waals surface area contributed by atoms with Gasteiger partial charge in [-0.3, -0.25) is 0 Å². The standard InChI is InChI=1S/C24H16O3/c1-2-15-26-22-10-6-4-8-18(22)11-12-19-16-23(25)27-24-20-9-5-3-7-17(20)13-14-21(19)24/h1,3-14,16H,15H2/b12-11+. The van der Waals surface area contributed by atoms with E-state index in [1.807, 2.05) is 72.8 Å². The van der Waals surface area contributed by atoms with Gasteiger partial charge < -0.3 is 9.15 Å². The van der Waals surface area contributed by atoms with Crippen molar-refractivity contribution >= 4 is 33.9 Å². The summed E-state index contributed by atoms with van der Waals surface area (Å²) in [4.78, 5) is 12.1. The van der Waals surface area contributed by atoms with Crippen LogP contribution < -0.4 is 10.4 Å². The van der Waals surface area contributed by atoms with E-state index in [-0.39, 0.29) is 12.2 Å². The van der Waals surface area contributed by atoms with Crippen LogP contribution in [0, 0.1) is 12.3 Å². The van der Waals surface area contributed by atoms with Gasteiger partial charge in [0.25, 0.3) is 0 Å². The van der Waals surface area contributed by atoms with Crippen LogP contribution in [-0.2, 0) is 0 Å². The molecule has 3 aromatic carbocycles. The van der Waals surface area contributed by atoms with E-state index < -0.39 is 0 Å². The topological polar surface area (TPSA) is 39.4 Å². The van der Waals surface area contributed by atoms with Crippen LogP contribution in [0.4, 0.5) is 0 Å². The molecule has 3 nitrogen and oxygen atoms in total. The first-order valence-electron chi connectivity index (χ1n) is 8.55. The lowest BCUT2D eigenvalue weighted by atomic mass is 10.0. The van der Waals surface area contributed by atoms with Crippen molar-refractivity contribution in [1.29, 1.82) is 0 Å². The number of benzene rings is 3. The molecule has 0 atom stereocenters. The molecule has 0 amide bonds. The second-order valence-corrected chi connectivity index (χ2v) is 6.05. The lowest BCUT2D eigenvalue weighted by Crippen LogP contribution is -1.98. The van der Waals surface area contributed by atoms with Gasteiger partial charge in [0.2, 0.25) is 0 Å². The molecule has 0 radical (unpaired) electrons. The minimum atomic E-state index is -0.379. The van der Waals surface area contributed by atoms with Crippen molar-refractivity contribution in [3.63, 3.8) is 0 Å². The summed E-state index contributed by atoms with van der Waals surface area (Å²) >= 11 is 0. The van der Waals surface area contributed by atoms with Gasteiger partial charge in [-0.15, -0.1) is 6.42 Å². The monoisotopic (exact) mass is 352 g/mol. The van der Waals surface area contributed by atoms with Crippen LogP contribution in [0.25, 0.3) is 33.9 Å². The van der Waals surface area contributed by atoms with Gasteiger partial charge in [0.05, 0.1) is 0 Å². The molecule has 0 unspecified atom stereocenters. The van der Waals surface area contributed by atoms with Crippen LogP contribution in [-0.4, -0.2) is 6.61 Å². The molecule has 0 saturated carbocycles. The highest BCUT2D eigenvalue weighted by Crippen LogP contribution is 2.28. The number of fused-ring (bicyclic) bond motifs is 3. The summed E-state index contributed by atoms with van der Waals surface area (Å²) in [6.45, 7) is 0.203. The highest BCUT2D eigenvalue weighted by atomic mass is 16.5. The summed E-state index contributed by atoms with van der Waals surface area (Å²) in [6, 6.07) is 21.0. The lowest BCUT2D eigenvalue weighted by Gasteiger charge is -2.07. The average Bonchev–Trinajstić information content (AvgIpc) is 2.71. The molecule has 0 fully saturated rings. The van der Waals surface area contributed by atoms with Gasteiger partial charge in [0, 0.05) is 22.4 Å². The second-order valence-electron chi connectivity index (χ2n) is 6.05. The quantitative estimate of drug-likeness (QED) is 0.290. The molecule has 4 rings (SSSR count). The van der Waals surface area contributed by atoms with E-state index in [2.05, 4.69) is 5.92 Å². The summed E-state index contributed by atoms with van der Waals surface area (Å²) in [5.41, 5.74) is 1.89. The lowest BCUT2D eigenvalue weighted by molar-refractivity contribution is 0.369. The van der Waals surface area contributed by atoms with Crippen molar-refractivity contribution in [3.8, 4) is 18.1 Å². The van der Waals surface area contributed by atoms with Crippen LogP contribution >= 0.6 is 0 Å². The van der Waals surface area contributed by atoms with E-state index >= 15 is 0 Å². The molecule has 0 bridgehead atoms. The molecule has 0 aliphatic carbocycles. The van der Waals surface area contributed by atoms with Crippen molar-refractivity contribution in [2.75, 3.05) is 6.61 Å². The summed E-state index contributed by atoms with van der Waals surface area (Å²) in [5, 5.41) is 2.83. The number of ether oxygens (including phenoxy) is 1. The second kappa shape index (κ2) is 7.23. The van der Waals surface area contributed by atoms with E-state index in [0.29, 0.717) is 11.3 Å². The van der Waals surface area contributed by atoms with Crippen LogP contribution in [0.1, 0.15) is 11.1 Å². The van der Waals surface area contributed by atoms with Crippen molar-refractivity contribution in [1.82, 2.24) is 0 Å². The predicted molar refractivity (Wildman–Crippen MR) is 110 cm³/mol. The fraction of sp³-hybridized carbons (Fsp3) is 0.0417. The zero-order valence-corrected chi connectivity index (χ0v) is 14.5. The molecule has 0 N–H and O–H groups in total. The van der Waals surface area contributed by atoms with Gasteiger partial charge in [0.15, 0.2) is 0 Å². The summed E-state index contributed by atoms with van der Waals surface area (Å²) in [6.07, 6.45) is 9.08. The molecular weight excluding hydrogens is 336 g/mol. The third kappa shape index (κ3) is 3.33. The Hall–Kier alpha value is -3.77. The zero-order valence-electron chi connectivity index (χ0n) is 14.5. The summed E-state index contributed by atoms with van der Waals surface area (Å²) < 4.78 is 11.1. The number of hydrogen-bond acceptors (Lipinski definition) is 3. The SMILES string of the molecule is C#CCOc1ccccc1/C=C/c1cc(=O)oc2c1ccc1ccccc12. The Balaban J connectivity index is 1.84. The van der Waals surface area contributed by atoms with Crippen LogP contribution in [0.5, 0.6) is 5.75 Å². The number of para-hydroxylation sites is 1. The normalized spacial score (nSPS) is 11.1. The Morgan fingerprint density at radius 2 is 1.70 bits per heavy atom. The van der Waals surface area contributed by atoms with Gasteiger partial charge in [-0.2, -0.15) is 0 Å². The smallest absolute Gasteiger partial charge is 0.336 e. The van der Waals surface area contributed by atoms with E-state index in [1.165, 1.54) is 6.07 Å². The zero-order chi connectivity index (χ0) is 18.6. The maximum absolute atomic E-state index is 12.1. The minimum absolute atomic E-state index is 0.203. The summed E-state index contributed by atoms with van der Waals surface area (Å²) in [5.74, 6) is 3.16. The fourth-order valence-corrected chi connectivity index (χ4v) is 3.10. The highest BCUT2D eigenvalue weighted by molar-refractivity contribution is 6.06. The number of rotatable bonds is 4. The number of terminal acetylenes is 1. The fourth-order valence-electron chi connectivity index (χ4n) is 3.10. The van der Waals surface area contributed by atoms with Gasteiger partial charge in [0.1, 0.15) is 17.9 Å². The van der Waals surface area contributed by atoms with Crippen molar-refractivity contribution in [2.24, 2.45) is 0 Å². The Morgan fingerprint density at radius 3 is 2.59 bits per heavy atom. The van der Waals surface area contributed by atoms with Gasteiger partial charge in [-0.1, -0.05) is 66.6 Å². The van der Waals surface area contributed by atoms with Crippen molar-refractivity contribution < 1.29 is 9.15 Å². The predicted octanol–water partition coefficient (Wildman–Crippen LogP) is 5.13. The first-order chi connectivity index (χ1) is 13.3. The largest absolute Gasteiger partial charge is 0.480 e. The number of hydrogen-bond donors (Lipinski definition) is 0. The maximum Gasteiger partial charge on any atom is 0.336 e. The van der Waals surface area contributed by atoms with Crippen LogP contribution in [0.2, 0.25) is 0 Å². The molecule has 0 aliphatic heterocycles. The molecule has 0 aliphatic rings. The van der Waals surface area contributed by atoms with Gasteiger partial charge >= 0.3 is 5.63 Å². The molecule has 130 valence electrons. The molecule has 0 spiro atoms. The first-order valence-corrected chi connectivity index (χ1v) is 8.55. The average molecular weight is 352 g/mol. The van der Waals surface area contributed by atoms with E-state index in [9.17, 15) is 4.79 Å². The first kappa shape index (κ1) is 16.7. The Labute approximate surface area is 156 Å². The van der Waals surface area contributed by atoms with Gasteiger partial charge in [-0.25, -0.2) is 4.79 Å². The molecule has 4 aromatic rings. The Kier molecular flexibility index (Phi) is 4.47.